The van der Waals surface area contributed by atoms with Gasteiger partial charge < -0.3 is 5.32 Å². The SMILES string of the molecule is CCNCc1ccnc(CSc2ccccc2Br)n1. The molecular formula is C14H16BrN3S. The lowest BCUT2D eigenvalue weighted by atomic mass is 10.4. The van der Waals surface area contributed by atoms with Crippen LogP contribution in [0.3, 0.4) is 0 Å². The highest BCUT2D eigenvalue weighted by atomic mass is 79.9. The topological polar surface area (TPSA) is 37.8 Å². The number of aromatic nitrogens is 2. The molecule has 0 spiro atoms. The molecule has 0 bridgehead atoms. The summed E-state index contributed by atoms with van der Waals surface area (Å²) in [5.74, 6) is 1.65. The molecule has 1 aromatic heterocycles. The fraction of sp³-hybridized carbons (Fsp3) is 0.286. The van der Waals surface area contributed by atoms with Crippen molar-refractivity contribution in [2.45, 2.75) is 24.1 Å². The summed E-state index contributed by atoms with van der Waals surface area (Å²) >= 11 is 5.29. The van der Waals surface area contributed by atoms with Crippen LogP contribution in [0.1, 0.15) is 18.4 Å². The Morgan fingerprint density at radius 2 is 2.11 bits per heavy atom. The minimum atomic E-state index is 0.780. The predicted octanol–water partition coefficient (Wildman–Crippen LogP) is 3.64. The summed E-state index contributed by atoms with van der Waals surface area (Å²) in [5.41, 5.74) is 1.04. The number of nitrogens with zero attached hydrogens (tertiary/aromatic N) is 2. The van der Waals surface area contributed by atoms with Crippen LogP contribution in [-0.2, 0) is 12.3 Å². The number of halogens is 1. The minimum absolute atomic E-state index is 0.780. The maximum absolute atomic E-state index is 4.55. The van der Waals surface area contributed by atoms with Gasteiger partial charge in [-0.1, -0.05) is 19.1 Å². The molecule has 0 aliphatic carbocycles. The van der Waals surface area contributed by atoms with Crippen LogP contribution in [0.4, 0.5) is 0 Å². The second-order valence-electron chi connectivity index (χ2n) is 3.96. The fourth-order valence-electron chi connectivity index (χ4n) is 1.57. The molecule has 0 saturated carbocycles. The van der Waals surface area contributed by atoms with Crippen molar-refractivity contribution < 1.29 is 0 Å². The maximum Gasteiger partial charge on any atom is 0.138 e. The first kappa shape index (κ1) is 14.5. The van der Waals surface area contributed by atoms with E-state index in [2.05, 4.69) is 44.2 Å². The van der Waals surface area contributed by atoms with Gasteiger partial charge in [-0.2, -0.15) is 0 Å². The molecule has 3 nitrogen and oxygen atoms in total. The van der Waals surface area contributed by atoms with E-state index in [0.717, 1.165) is 34.8 Å². The van der Waals surface area contributed by atoms with Crippen LogP contribution in [0.15, 0.2) is 45.9 Å². The first-order valence-corrected chi connectivity index (χ1v) is 7.96. The number of hydrogen-bond donors (Lipinski definition) is 1. The highest BCUT2D eigenvalue weighted by Gasteiger charge is 2.03. The highest BCUT2D eigenvalue weighted by Crippen LogP contribution is 2.28. The first-order valence-electron chi connectivity index (χ1n) is 6.18. The Hall–Kier alpha value is -0.910. The molecule has 0 fully saturated rings. The molecule has 1 heterocycles. The molecule has 0 saturated heterocycles. The zero-order valence-electron chi connectivity index (χ0n) is 10.8. The summed E-state index contributed by atoms with van der Waals surface area (Å²) in [5, 5.41) is 3.27. The molecule has 0 aliphatic rings. The Morgan fingerprint density at radius 1 is 1.26 bits per heavy atom. The van der Waals surface area contributed by atoms with Gasteiger partial charge in [0.25, 0.3) is 0 Å². The van der Waals surface area contributed by atoms with Crippen LogP contribution in [0, 0.1) is 0 Å². The molecule has 2 rings (SSSR count). The second-order valence-corrected chi connectivity index (χ2v) is 5.84. The smallest absolute Gasteiger partial charge is 0.138 e. The van der Waals surface area contributed by atoms with E-state index in [1.165, 1.54) is 4.90 Å². The fourth-order valence-corrected chi connectivity index (χ4v) is 3.00. The van der Waals surface area contributed by atoms with Crippen LogP contribution in [-0.4, -0.2) is 16.5 Å². The van der Waals surface area contributed by atoms with Gasteiger partial charge in [0.2, 0.25) is 0 Å². The first-order chi connectivity index (χ1) is 9.29. The van der Waals surface area contributed by atoms with Crippen LogP contribution >= 0.6 is 27.7 Å². The summed E-state index contributed by atoms with van der Waals surface area (Å²) in [4.78, 5) is 10.1. The Balaban J connectivity index is 1.98. The number of rotatable bonds is 6. The number of thioether (sulfide) groups is 1. The second kappa shape index (κ2) is 7.62. The zero-order valence-corrected chi connectivity index (χ0v) is 13.2. The highest BCUT2D eigenvalue weighted by molar-refractivity contribution is 9.10. The molecule has 0 unspecified atom stereocenters. The normalized spacial score (nSPS) is 10.6. The Morgan fingerprint density at radius 3 is 2.89 bits per heavy atom. The van der Waals surface area contributed by atoms with E-state index < -0.39 is 0 Å². The van der Waals surface area contributed by atoms with E-state index in [1.807, 2.05) is 30.5 Å². The third-order valence-electron chi connectivity index (χ3n) is 2.51. The van der Waals surface area contributed by atoms with Gasteiger partial charge in [0.15, 0.2) is 0 Å². The summed E-state index contributed by atoms with van der Waals surface area (Å²) in [6.45, 7) is 3.83. The molecule has 0 radical (unpaired) electrons. The average molecular weight is 338 g/mol. The van der Waals surface area contributed by atoms with E-state index in [4.69, 9.17) is 0 Å². The van der Waals surface area contributed by atoms with E-state index in [1.54, 1.807) is 11.8 Å². The van der Waals surface area contributed by atoms with Crippen molar-refractivity contribution in [2.75, 3.05) is 6.54 Å². The van der Waals surface area contributed by atoms with Gasteiger partial charge in [-0.3, -0.25) is 0 Å². The van der Waals surface area contributed by atoms with Gasteiger partial charge >= 0.3 is 0 Å². The Bertz CT molecular complexity index is 534. The number of hydrogen-bond acceptors (Lipinski definition) is 4. The summed E-state index contributed by atoms with van der Waals surface area (Å²) < 4.78 is 1.11. The lowest BCUT2D eigenvalue weighted by Gasteiger charge is -2.05. The number of benzene rings is 1. The van der Waals surface area contributed by atoms with Gasteiger partial charge in [0.1, 0.15) is 5.82 Å². The number of nitrogens with one attached hydrogen (secondary N) is 1. The molecular weight excluding hydrogens is 322 g/mol. The molecule has 1 aromatic carbocycles. The third kappa shape index (κ3) is 4.60. The average Bonchev–Trinajstić information content (AvgIpc) is 2.45. The molecule has 2 aromatic rings. The molecule has 0 aliphatic heterocycles. The van der Waals surface area contributed by atoms with Gasteiger partial charge in [0, 0.05) is 22.1 Å². The lowest BCUT2D eigenvalue weighted by Crippen LogP contribution is -2.13. The Labute approximate surface area is 126 Å². The van der Waals surface area contributed by atoms with Crippen molar-refractivity contribution in [1.29, 1.82) is 0 Å². The van der Waals surface area contributed by atoms with Crippen LogP contribution in [0.2, 0.25) is 0 Å². The lowest BCUT2D eigenvalue weighted by molar-refractivity contribution is 0.704. The van der Waals surface area contributed by atoms with Gasteiger partial charge in [-0.05, 0) is 40.7 Å². The van der Waals surface area contributed by atoms with Crippen molar-refractivity contribution in [3.8, 4) is 0 Å². The van der Waals surface area contributed by atoms with Crippen LogP contribution in [0.5, 0.6) is 0 Å². The molecule has 19 heavy (non-hydrogen) atoms. The molecule has 0 atom stereocenters. The van der Waals surface area contributed by atoms with Gasteiger partial charge in [-0.25, -0.2) is 9.97 Å². The van der Waals surface area contributed by atoms with Crippen LogP contribution in [0.25, 0.3) is 0 Å². The molecule has 0 amide bonds. The molecule has 100 valence electrons. The van der Waals surface area contributed by atoms with Gasteiger partial charge in [0.05, 0.1) is 11.4 Å². The predicted molar refractivity (Wildman–Crippen MR) is 83.1 cm³/mol. The third-order valence-corrected chi connectivity index (χ3v) is 4.54. The van der Waals surface area contributed by atoms with Gasteiger partial charge in [-0.15, -0.1) is 11.8 Å². The van der Waals surface area contributed by atoms with Crippen molar-refractivity contribution in [1.82, 2.24) is 15.3 Å². The van der Waals surface area contributed by atoms with Crippen molar-refractivity contribution in [3.63, 3.8) is 0 Å². The standard InChI is InChI=1S/C14H16BrN3S/c1-2-16-9-11-7-8-17-14(18-11)10-19-13-6-4-3-5-12(13)15/h3-8,16H,2,9-10H2,1H3. The van der Waals surface area contributed by atoms with E-state index >= 15 is 0 Å². The minimum Gasteiger partial charge on any atom is -0.311 e. The van der Waals surface area contributed by atoms with Crippen molar-refractivity contribution in [3.05, 3.63) is 52.5 Å². The summed E-state index contributed by atoms with van der Waals surface area (Å²) in [6, 6.07) is 10.1. The zero-order chi connectivity index (χ0) is 13.5. The molecule has 5 heteroatoms. The van der Waals surface area contributed by atoms with Crippen molar-refractivity contribution >= 4 is 27.7 Å². The monoisotopic (exact) mass is 337 g/mol. The quantitative estimate of drug-likeness (QED) is 0.816. The van der Waals surface area contributed by atoms with E-state index in [0.29, 0.717) is 0 Å². The largest absolute Gasteiger partial charge is 0.311 e. The maximum atomic E-state index is 4.55. The summed E-state index contributed by atoms with van der Waals surface area (Å²) in [6.07, 6.45) is 1.83. The Kier molecular flexibility index (Phi) is 5.82. The summed E-state index contributed by atoms with van der Waals surface area (Å²) in [7, 11) is 0. The van der Waals surface area contributed by atoms with E-state index in [-0.39, 0.29) is 0 Å². The van der Waals surface area contributed by atoms with Crippen LogP contribution < -0.4 is 5.32 Å². The van der Waals surface area contributed by atoms with E-state index in [9.17, 15) is 0 Å². The van der Waals surface area contributed by atoms with Crippen molar-refractivity contribution in [2.24, 2.45) is 0 Å². The molecule has 1 N–H and O–H groups in total.